The van der Waals surface area contributed by atoms with Crippen LogP contribution >= 0.6 is 0 Å². The summed E-state index contributed by atoms with van der Waals surface area (Å²) < 4.78 is 37.6. The summed E-state index contributed by atoms with van der Waals surface area (Å²) in [6, 6.07) is 5.33. The molecule has 3 aliphatic heterocycles. The Bertz CT molecular complexity index is 817. The summed E-state index contributed by atoms with van der Waals surface area (Å²) >= 11 is 0. The van der Waals surface area contributed by atoms with E-state index in [0.717, 1.165) is 19.3 Å². The van der Waals surface area contributed by atoms with E-state index >= 15 is 0 Å². The molecule has 4 heterocycles. The first kappa shape index (κ1) is 23.9. The topological polar surface area (TPSA) is 109 Å². The summed E-state index contributed by atoms with van der Waals surface area (Å²) in [5.74, 6) is -3.21. The maximum Gasteiger partial charge on any atom is 0.490 e. The number of pyridine rings is 1. The molecule has 0 aliphatic carbocycles. The first-order valence-corrected chi connectivity index (χ1v) is 10.3. The van der Waals surface area contributed by atoms with Crippen LogP contribution in [0.4, 0.5) is 13.2 Å². The van der Waals surface area contributed by atoms with Crippen LogP contribution in [0.5, 0.6) is 0 Å². The molecule has 3 fully saturated rings. The molecule has 0 unspecified atom stereocenters. The second kappa shape index (κ2) is 10.3. The Labute approximate surface area is 182 Å². The van der Waals surface area contributed by atoms with Gasteiger partial charge in [-0.05, 0) is 37.8 Å². The van der Waals surface area contributed by atoms with E-state index in [1.54, 1.807) is 29.3 Å². The van der Waals surface area contributed by atoms with E-state index in [-0.39, 0.29) is 29.9 Å². The number of hydrogen-bond donors (Lipinski definition) is 1. The third-order valence-electron chi connectivity index (χ3n) is 5.49. The van der Waals surface area contributed by atoms with Gasteiger partial charge < -0.3 is 14.7 Å². The molecule has 32 heavy (non-hydrogen) atoms. The highest BCUT2D eigenvalue weighted by Gasteiger charge is 2.45. The van der Waals surface area contributed by atoms with Crippen molar-refractivity contribution in [2.75, 3.05) is 26.3 Å². The molecule has 0 saturated carbocycles. The van der Waals surface area contributed by atoms with Gasteiger partial charge >= 0.3 is 12.1 Å². The molecular weight excluding hydrogens is 435 g/mol. The highest BCUT2D eigenvalue weighted by Crippen LogP contribution is 2.33. The summed E-state index contributed by atoms with van der Waals surface area (Å²) in [5, 5.41) is 8.60. The monoisotopic (exact) mass is 459 g/mol. The Hall–Kier alpha value is -2.73. The number of likely N-dealkylation sites (tertiary alicyclic amines) is 1. The molecule has 176 valence electrons. The second-order valence-electron chi connectivity index (χ2n) is 7.65. The number of fused-ring (bicyclic) bond motifs is 1. The standard InChI is InChI=1S/C18H23N3O4.C2HF3O2/c22-17(21-8-3-4-9-25-21)13-11-16-15(6-10-24-16)20(12-13)18(23)14-5-1-2-7-19-14;3-2(4,5)1(6)7/h1-2,5,7,13,15-16H,3-4,6,8-12H2;(H,6,7)/t13-,15+,16+;/m0./s1. The van der Waals surface area contributed by atoms with Crippen LogP contribution in [0.2, 0.25) is 0 Å². The minimum absolute atomic E-state index is 0.0285. The van der Waals surface area contributed by atoms with Crippen molar-refractivity contribution in [3.8, 4) is 0 Å². The zero-order valence-corrected chi connectivity index (χ0v) is 17.2. The van der Waals surface area contributed by atoms with Gasteiger partial charge in [-0.1, -0.05) is 6.07 Å². The Balaban J connectivity index is 0.000000360. The zero-order chi connectivity index (χ0) is 23.3. The molecule has 9 nitrogen and oxygen atoms in total. The number of amides is 2. The number of hydroxylamine groups is 2. The normalized spacial score (nSPS) is 25.4. The lowest BCUT2D eigenvalue weighted by atomic mass is 9.89. The third kappa shape index (κ3) is 5.74. The smallest absolute Gasteiger partial charge is 0.475 e. The molecule has 1 aromatic heterocycles. The molecule has 1 aromatic rings. The fourth-order valence-corrected chi connectivity index (χ4v) is 3.97. The number of carboxylic acid groups (broad SMARTS) is 1. The van der Waals surface area contributed by atoms with Crippen molar-refractivity contribution < 1.29 is 42.2 Å². The molecule has 3 aliphatic rings. The average molecular weight is 459 g/mol. The maximum atomic E-state index is 12.9. The maximum absolute atomic E-state index is 12.9. The lowest BCUT2D eigenvalue weighted by molar-refractivity contribution is -0.203. The van der Waals surface area contributed by atoms with Crippen LogP contribution in [0.25, 0.3) is 0 Å². The number of rotatable bonds is 2. The van der Waals surface area contributed by atoms with E-state index in [1.807, 2.05) is 0 Å². The van der Waals surface area contributed by atoms with Gasteiger partial charge in [-0.2, -0.15) is 13.2 Å². The first-order chi connectivity index (χ1) is 15.2. The van der Waals surface area contributed by atoms with Crippen molar-refractivity contribution in [2.45, 2.75) is 44.0 Å². The van der Waals surface area contributed by atoms with Crippen LogP contribution in [-0.2, 0) is 19.2 Å². The predicted octanol–water partition coefficient (Wildman–Crippen LogP) is 1.89. The number of nitrogens with zero attached hydrogens (tertiary/aromatic N) is 3. The molecule has 0 aromatic carbocycles. The quantitative estimate of drug-likeness (QED) is 0.719. The van der Waals surface area contributed by atoms with Crippen molar-refractivity contribution >= 4 is 17.8 Å². The highest BCUT2D eigenvalue weighted by atomic mass is 19.4. The van der Waals surface area contributed by atoms with E-state index in [4.69, 9.17) is 19.5 Å². The Morgan fingerprint density at radius 3 is 2.50 bits per heavy atom. The highest BCUT2D eigenvalue weighted by molar-refractivity contribution is 5.93. The Morgan fingerprint density at radius 1 is 1.16 bits per heavy atom. The van der Waals surface area contributed by atoms with Crippen LogP contribution in [0.1, 0.15) is 36.2 Å². The van der Waals surface area contributed by atoms with Gasteiger partial charge in [0.1, 0.15) is 5.69 Å². The van der Waals surface area contributed by atoms with Crippen LogP contribution in [0.15, 0.2) is 24.4 Å². The minimum atomic E-state index is -5.08. The summed E-state index contributed by atoms with van der Waals surface area (Å²) in [4.78, 5) is 46.1. The molecule has 0 radical (unpaired) electrons. The Kier molecular flexibility index (Phi) is 7.67. The summed E-state index contributed by atoms with van der Waals surface area (Å²) in [6.07, 6.45) is -0.159. The van der Waals surface area contributed by atoms with Gasteiger partial charge in [0.2, 0.25) is 0 Å². The SMILES string of the molecule is O=C(O)C(F)(F)F.O=C([C@H]1C[C@H]2OCC[C@H]2N(C(=O)c2ccccn2)C1)N1CCCCO1. The van der Waals surface area contributed by atoms with Crippen LogP contribution in [0, 0.1) is 5.92 Å². The number of ether oxygens (including phenoxy) is 1. The number of halogens is 3. The van der Waals surface area contributed by atoms with Crippen molar-refractivity contribution in [1.82, 2.24) is 14.9 Å². The second-order valence-corrected chi connectivity index (χ2v) is 7.65. The number of aromatic nitrogens is 1. The predicted molar refractivity (Wildman–Crippen MR) is 102 cm³/mol. The Morgan fingerprint density at radius 2 is 1.91 bits per heavy atom. The molecule has 2 amide bonds. The number of carboxylic acids is 1. The van der Waals surface area contributed by atoms with Crippen molar-refractivity contribution in [2.24, 2.45) is 5.92 Å². The van der Waals surface area contributed by atoms with Gasteiger partial charge in [0.15, 0.2) is 0 Å². The number of hydrogen-bond acceptors (Lipinski definition) is 6. The molecular formula is C20H24F3N3O6. The lowest BCUT2D eigenvalue weighted by Gasteiger charge is -2.41. The van der Waals surface area contributed by atoms with Crippen molar-refractivity contribution in [1.29, 1.82) is 0 Å². The molecule has 12 heteroatoms. The fraction of sp³-hybridized carbons (Fsp3) is 0.600. The molecule has 4 rings (SSSR count). The number of carbonyl (C=O) groups excluding carboxylic acids is 2. The van der Waals surface area contributed by atoms with Gasteiger partial charge in [-0.25, -0.2) is 9.86 Å². The molecule has 1 N–H and O–H groups in total. The van der Waals surface area contributed by atoms with Gasteiger partial charge in [-0.3, -0.25) is 19.4 Å². The van der Waals surface area contributed by atoms with Crippen LogP contribution in [0.3, 0.4) is 0 Å². The zero-order valence-electron chi connectivity index (χ0n) is 17.2. The summed E-state index contributed by atoms with van der Waals surface area (Å²) in [6.45, 7) is 2.23. The summed E-state index contributed by atoms with van der Waals surface area (Å²) in [7, 11) is 0. The van der Waals surface area contributed by atoms with E-state index in [9.17, 15) is 22.8 Å². The lowest BCUT2D eigenvalue weighted by Crippen LogP contribution is -2.55. The van der Waals surface area contributed by atoms with Crippen LogP contribution in [-0.4, -0.2) is 82.5 Å². The molecule has 0 bridgehead atoms. The van der Waals surface area contributed by atoms with E-state index in [0.29, 0.717) is 38.4 Å². The van der Waals surface area contributed by atoms with E-state index in [2.05, 4.69) is 4.98 Å². The van der Waals surface area contributed by atoms with Gasteiger partial charge in [-0.15, -0.1) is 0 Å². The van der Waals surface area contributed by atoms with Crippen LogP contribution < -0.4 is 0 Å². The summed E-state index contributed by atoms with van der Waals surface area (Å²) in [5.41, 5.74) is 0.412. The molecule has 3 saturated heterocycles. The average Bonchev–Trinajstić information content (AvgIpc) is 3.27. The van der Waals surface area contributed by atoms with E-state index in [1.165, 1.54) is 5.06 Å². The van der Waals surface area contributed by atoms with Crippen molar-refractivity contribution in [3.05, 3.63) is 30.1 Å². The first-order valence-electron chi connectivity index (χ1n) is 10.3. The number of aliphatic carboxylic acids is 1. The number of carbonyl (C=O) groups is 3. The molecule has 3 atom stereocenters. The number of piperidine rings is 1. The molecule has 0 spiro atoms. The number of alkyl halides is 3. The van der Waals surface area contributed by atoms with Gasteiger partial charge in [0, 0.05) is 25.9 Å². The minimum Gasteiger partial charge on any atom is -0.475 e. The third-order valence-corrected chi connectivity index (χ3v) is 5.49. The fourth-order valence-electron chi connectivity index (χ4n) is 3.97. The van der Waals surface area contributed by atoms with E-state index < -0.39 is 12.1 Å². The van der Waals surface area contributed by atoms with Gasteiger partial charge in [0.25, 0.3) is 11.8 Å². The van der Waals surface area contributed by atoms with Gasteiger partial charge in [0.05, 0.1) is 24.7 Å². The van der Waals surface area contributed by atoms with Crippen molar-refractivity contribution in [3.63, 3.8) is 0 Å². The largest absolute Gasteiger partial charge is 0.490 e.